The fraction of sp³-hybridized carbons (Fsp3) is 0. The van der Waals surface area contributed by atoms with Gasteiger partial charge in [-0.15, -0.1) is 22.7 Å². The molecule has 4 heterocycles. The molecular weight excluding hydrogens is 648 g/mol. The lowest BCUT2D eigenvalue weighted by molar-refractivity contribution is 1.30. The van der Waals surface area contributed by atoms with Crippen molar-refractivity contribution >= 4 is 88.3 Å². The number of hydrogen-bond acceptors (Lipinski definition) is 7. The van der Waals surface area contributed by atoms with E-state index in [0.29, 0.717) is 0 Å². The van der Waals surface area contributed by atoms with Crippen LogP contribution in [0.4, 0.5) is 0 Å². The van der Waals surface area contributed by atoms with Crippen LogP contribution in [0.1, 0.15) is 0 Å². The standard InChI is InChI=1S/C28H14Br2N4S3/c29-19-13-11-17(35-19)21-25-26(22(18-12-14-20(30)36-18)28-27(21)33-37-34-28)32-24(16-9-5-2-6-10-16)23(31-25)15-7-3-1-4-8-15/h1-14H. The second-order valence-electron chi connectivity index (χ2n) is 8.27. The predicted octanol–water partition coefficient (Wildman–Crippen LogP) is 9.95. The first-order chi connectivity index (χ1) is 18.2. The molecule has 0 N–H and O–H groups in total. The molecule has 4 aromatic heterocycles. The van der Waals surface area contributed by atoms with Gasteiger partial charge in [0.05, 0.1) is 30.7 Å². The zero-order valence-electron chi connectivity index (χ0n) is 18.9. The molecule has 7 rings (SSSR count). The van der Waals surface area contributed by atoms with Crippen LogP contribution in [0.25, 0.3) is 65.5 Å². The van der Waals surface area contributed by atoms with E-state index in [2.05, 4.69) is 80.4 Å². The summed E-state index contributed by atoms with van der Waals surface area (Å²) >= 11 is 11.8. The van der Waals surface area contributed by atoms with Crippen LogP contribution in [0.3, 0.4) is 0 Å². The first kappa shape index (κ1) is 23.3. The molecule has 0 amide bonds. The highest BCUT2D eigenvalue weighted by atomic mass is 79.9. The monoisotopic (exact) mass is 660 g/mol. The molecule has 4 nitrogen and oxygen atoms in total. The molecule has 0 aliphatic heterocycles. The van der Waals surface area contributed by atoms with Gasteiger partial charge >= 0.3 is 0 Å². The lowest BCUT2D eigenvalue weighted by Crippen LogP contribution is -1.99. The van der Waals surface area contributed by atoms with Crippen molar-refractivity contribution in [3.63, 3.8) is 0 Å². The molecule has 178 valence electrons. The molecule has 0 spiro atoms. The van der Waals surface area contributed by atoms with Gasteiger partial charge in [-0.3, -0.25) is 0 Å². The fourth-order valence-electron chi connectivity index (χ4n) is 4.48. The number of hydrogen-bond donors (Lipinski definition) is 0. The molecule has 0 radical (unpaired) electrons. The summed E-state index contributed by atoms with van der Waals surface area (Å²) in [5.41, 5.74) is 9.03. The van der Waals surface area contributed by atoms with Gasteiger partial charge in [0.2, 0.25) is 0 Å². The van der Waals surface area contributed by atoms with Crippen LogP contribution < -0.4 is 0 Å². The van der Waals surface area contributed by atoms with Gasteiger partial charge in [-0.05, 0) is 56.1 Å². The van der Waals surface area contributed by atoms with E-state index >= 15 is 0 Å². The van der Waals surface area contributed by atoms with Crippen molar-refractivity contribution in [3.05, 3.63) is 92.5 Å². The number of rotatable bonds is 4. The van der Waals surface area contributed by atoms with Gasteiger partial charge in [0.15, 0.2) is 0 Å². The minimum Gasteiger partial charge on any atom is -0.243 e. The van der Waals surface area contributed by atoms with Crippen molar-refractivity contribution in [2.45, 2.75) is 0 Å². The molecule has 7 aromatic rings. The van der Waals surface area contributed by atoms with E-state index in [-0.39, 0.29) is 0 Å². The van der Waals surface area contributed by atoms with Crippen molar-refractivity contribution in [2.24, 2.45) is 0 Å². The zero-order valence-corrected chi connectivity index (χ0v) is 24.5. The summed E-state index contributed by atoms with van der Waals surface area (Å²) in [6.45, 7) is 0. The second kappa shape index (κ2) is 9.49. The van der Waals surface area contributed by atoms with Crippen molar-refractivity contribution in [2.75, 3.05) is 0 Å². The Morgan fingerprint density at radius 3 is 1.30 bits per heavy atom. The smallest absolute Gasteiger partial charge is 0.116 e. The molecule has 0 fully saturated rings. The van der Waals surface area contributed by atoms with Crippen LogP contribution in [0.2, 0.25) is 0 Å². The van der Waals surface area contributed by atoms with Gasteiger partial charge in [-0.1, -0.05) is 60.7 Å². The fourth-order valence-corrected chi connectivity index (χ4v) is 7.91. The number of halogens is 2. The predicted molar refractivity (Wildman–Crippen MR) is 163 cm³/mol. The lowest BCUT2D eigenvalue weighted by Gasteiger charge is -2.15. The highest BCUT2D eigenvalue weighted by molar-refractivity contribution is 9.11. The quantitative estimate of drug-likeness (QED) is 0.188. The summed E-state index contributed by atoms with van der Waals surface area (Å²) in [6, 6.07) is 28.9. The van der Waals surface area contributed by atoms with Crippen molar-refractivity contribution in [1.29, 1.82) is 0 Å². The first-order valence-corrected chi connectivity index (χ1v) is 15.2. The van der Waals surface area contributed by atoms with Gasteiger partial charge in [0.25, 0.3) is 0 Å². The molecule has 0 saturated carbocycles. The van der Waals surface area contributed by atoms with Crippen LogP contribution in [0.15, 0.2) is 92.5 Å². The SMILES string of the molecule is Brc1ccc(-c2c3nsnc3c(-c3ccc(Br)s3)c3nc(-c4ccccc4)c(-c4ccccc4)nc23)s1. The number of aromatic nitrogens is 4. The highest BCUT2D eigenvalue weighted by Gasteiger charge is 2.26. The molecule has 0 unspecified atom stereocenters. The van der Waals surface area contributed by atoms with Crippen molar-refractivity contribution in [1.82, 2.24) is 18.7 Å². The van der Waals surface area contributed by atoms with E-state index in [1.54, 1.807) is 22.7 Å². The van der Waals surface area contributed by atoms with Gasteiger partial charge in [-0.2, -0.15) is 8.75 Å². The third-order valence-electron chi connectivity index (χ3n) is 6.07. The zero-order chi connectivity index (χ0) is 24.9. The van der Waals surface area contributed by atoms with Crippen LogP contribution in [0, 0.1) is 0 Å². The van der Waals surface area contributed by atoms with E-state index in [1.807, 2.05) is 36.4 Å². The van der Waals surface area contributed by atoms with Crippen molar-refractivity contribution < 1.29 is 0 Å². The van der Waals surface area contributed by atoms with Gasteiger partial charge in [0.1, 0.15) is 22.1 Å². The lowest BCUT2D eigenvalue weighted by atomic mass is 9.99. The van der Waals surface area contributed by atoms with E-state index in [0.717, 1.165) is 73.0 Å². The molecule has 0 atom stereocenters. The Balaban J connectivity index is 1.69. The third kappa shape index (κ3) is 4.06. The average molecular weight is 662 g/mol. The third-order valence-corrected chi connectivity index (χ3v) is 9.88. The van der Waals surface area contributed by atoms with Crippen LogP contribution in [-0.2, 0) is 0 Å². The van der Waals surface area contributed by atoms with Crippen molar-refractivity contribution in [3.8, 4) is 43.4 Å². The minimum absolute atomic E-state index is 0.826. The summed E-state index contributed by atoms with van der Waals surface area (Å²) in [6.07, 6.45) is 0. The Hall–Kier alpha value is -2.82. The van der Waals surface area contributed by atoms with Crippen LogP contribution in [-0.4, -0.2) is 18.7 Å². The van der Waals surface area contributed by atoms with E-state index in [4.69, 9.17) is 18.7 Å². The van der Waals surface area contributed by atoms with Gasteiger partial charge in [-0.25, -0.2) is 9.97 Å². The van der Waals surface area contributed by atoms with Crippen LogP contribution >= 0.6 is 66.3 Å². The minimum atomic E-state index is 0.826. The molecule has 0 saturated heterocycles. The highest BCUT2D eigenvalue weighted by Crippen LogP contribution is 2.47. The molecular formula is C28H14Br2N4S3. The number of thiophene rings is 2. The molecule has 9 heteroatoms. The summed E-state index contributed by atoms with van der Waals surface area (Å²) in [5, 5.41) is 0. The Bertz CT molecular complexity index is 1770. The summed E-state index contributed by atoms with van der Waals surface area (Å²) < 4.78 is 11.7. The largest absolute Gasteiger partial charge is 0.243 e. The second-order valence-corrected chi connectivity index (χ2v) is 13.7. The topological polar surface area (TPSA) is 51.6 Å². The number of fused-ring (bicyclic) bond motifs is 2. The Morgan fingerprint density at radius 1 is 0.486 bits per heavy atom. The normalized spacial score (nSPS) is 11.5. The summed E-state index contributed by atoms with van der Waals surface area (Å²) in [4.78, 5) is 12.9. The van der Waals surface area contributed by atoms with E-state index in [9.17, 15) is 0 Å². The maximum absolute atomic E-state index is 5.39. The number of benzene rings is 3. The van der Waals surface area contributed by atoms with Gasteiger partial charge < -0.3 is 0 Å². The molecule has 3 aromatic carbocycles. The van der Waals surface area contributed by atoms with Gasteiger partial charge in [0, 0.05) is 32.0 Å². The first-order valence-electron chi connectivity index (χ1n) is 11.3. The molecule has 37 heavy (non-hydrogen) atoms. The molecule has 0 aliphatic rings. The molecule has 0 aliphatic carbocycles. The van der Waals surface area contributed by atoms with Crippen LogP contribution in [0.5, 0.6) is 0 Å². The summed E-state index contributed by atoms with van der Waals surface area (Å²) in [5.74, 6) is 0. The average Bonchev–Trinajstić information content (AvgIpc) is 3.69. The maximum Gasteiger partial charge on any atom is 0.116 e. The van der Waals surface area contributed by atoms with E-state index < -0.39 is 0 Å². The number of nitrogens with zero attached hydrogens (tertiary/aromatic N) is 4. The molecule has 0 bridgehead atoms. The Kier molecular flexibility index (Phi) is 5.98. The Labute approximate surface area is 241 Å². The Morgan fingerprint density at radius 2 is 0.919 bits per heavy atom. The summed E-state index contributed by atoms with van der Waals surface area (Å²) in [7, 11) is 0. The maximum atomic E-state index is 5.39. The van der Waals surface area contributed by atoms with E-state index in [1.165, 1.54) is 11.7 Å².